The summed E-state index contributed by atoms with van der Waals surface area (Å²) in [7, 11) is -5.01. The molecule has 1 aliphatic carbocycles. The lowest BCUT2D eigenvalue weighted by molar-refractivity contribution is -0.0406. The molecule has 1 aromatic rings. The largest absolute Gasteiger partial charge is 0.483 e. The molecule has 1 spiro atoms. The zero-order valence-electron chi connectivity index (χ0n) is 11.7. The van der Waals surface area contributed by atoms with Gasteiger partial charge in [0, 0.05) is 13.1 Å². The van der Waals surface area contributed by atoms with Crippen LogP contribution in [0, 0.1) is 21.9 Å². The highest BCUT2D eigenvalue weighted by atomic mass is 32.2. The standard InChI is InChI=1S/C14H16F4N2OS/c15-11-2-9(1-10-5-13(6-10)7-20-8-13)3-12(4-11)22(19,21)14(16,17)18/h2-4,10,19-20H,1,5-8H2. The summed E-state index contributed by atoms with van der Waals surface area (Å²) >= 11 is 0. The minimum atomic E-state index is -5.20. The number of rotatable bonds is 3. The number of hydrogen-bond donors (Lipinski definition) is 2. The smallest absolute Gasteiger partial charge is 0.316 e. The van der Waals surface area contributed by atoms with Crippen LogP contribution in [0.4, 0.5) is 17.6 Å². The Balaban J connectivity index is 1.79. The number of benzene rings is 1. The van der Waals surface area contributed by atoms with Crippen LogP contribution in [-0.2, 0) is 16.1 Å². The van der Waals surface area contributed by atoms with E-state index in [1.807, 2.05) is 0 Å². The van der Waals surface area contributed by atoms with Gasteiger partial charge >= 0.3 is 5.51 Å². The fraction of sp³-hybridized carbons (Fsp3) is 0.571. The highest BCUT2D eigenvalue weighted by Gasteiger charge is 2.48. The molecule has 2 N–H and O–H groups in total. The van der Waals surface area contributed by atoms with Crippen molar-refractivity contribution in [1.82, 2.24) is 5.32 Å². The molecule has 0 aromatic heterocycles. The average Bonchev–Trinajstić information content (AvgIpc) is 2.28. The van der Waals surface area contributed by atoms with Crippen molar-refractivity contribution in [3.63, 3.8) is 0 Å². The number of halogens is 4. The second kappa shape index (κ2) is 4.92. The van der Waals surface area contributed by atoms with E-state index in [-0.39, 0.29) is 0 Å². The maximum absolute atomic E-state index is 13.6. The predicted octanol–water partition coefficient (Wildman–Crippen LogP) is 3.29. The minimum Gasteiger partial charge on any atom is -0.316 e. The average molecular weight is 336 g/mol. The number of alkyl halides is 3. The molecule has 1 atom stereocenters. The molecule has 2 fully saturated rings. The molecule has 1 aromatic carbocycles. The van der Waals surface area contributed by atoms with Crippen LogP contribution in [0.3, 0.4) is 0 Å². The zero-order valence-corrected chi connectivity index (χ0v) is 12.5. The van der Waals surface area contributed by atoms with Crippen LogP contribution in [0.25, 0.3) is 0 Å². The van der Waals surface area contributed by atoms with Gasteiger partial charge in [-0.1, -0.05) is 0 Å². The molecule has 0 radical (unpaired) electrons. The van der Waals surface area contributed by atoms with Gasteiger partial charge in [0.1, 0.15) is 5.82 Å². The van der Waals surface area contributed by atoms with Gasteiger partial charge in [-0.15, -0.1) is 0 Å². The van der Waals surface area contributed by atoms with Crippen molar-refractivity contribution < 1.29 is 21.8 Å². The molecular weight excluding hydrogens is 320 g/mol. The molecule has 3 rings (SSSR count). The van der Waals surface area contributed by atoms with Crippen LogP contribution in [0.1, 0.15) is 18.4 Å². The van der Waals surface area contributed by atoms with Crippen molar-refractivity contribution in [1.29, 1.82) is 4.78 Å². The van der Waals surface area contributed by atoms with E-state index in [0.717, 1.165) is 32.0 Å². The lowest BCUT2D eigenvalue weighted by Gasteiger charge is -2.54. The predicted molar refractivity (Wildman–Crippen MR) is 73.3 cm³/mol. The molecule has 8 heteroatoms. The molecule has 1 saturated carbocycles. The third-order valence-electron chi connectivity index (χ3n) is 4.56. The Bertz CT molecular complexity index is 687. The van der Waals surface area contributed by atoms with Crippen LogP contribution >= 0.6 is 0 Å². The second-order valence-electron chi connectivity index (χ2n) is 6.38. The Kier molecular flexibility index (Phi) is 3.52. The summed E-state index contributed by atoms with van der Waals surface area (Å²) in [6, 6.07) is 2.78. The van der Waals surface area contributed by atoms with E-state index in [9.17, 15) is 21.8 Å². The molecule has 22 heavy (non-hydrogen) atoms. The Morgan fingerprint density at radius 3 is 2.41 bits per heavy atom. The molecule has 0 amide bonds. The van der Waals surface area contributed by atoms with E-state index < -0.39 is 26.0 Å². The van der Waals surface area contributed by atoms with Crippen molar-refractivity contribution in [3.05, 3.63) is 29.6 Å². The lowest BCUT2D eigenvalue weighted by Crippen LogP contribution is -2.60. The summed E-state index contributed by atoms with van der Waals surface area (Å²) in [5, 5.41) is 3.20. The Morgan fingerprint density at radius 2 is 1.91 bits per heavy atom. The van der Waals surface area contributed by atoms with Gasteiger partial charge in [0.25, 0.3) is 0 Å². The van der Waals surface area contributed by atoms with Crippen LogP contribution in [0.2, 0.25) is 0 Å². The van der Waals surface area contributed by atoms with Gasteiger partial charge in [0.15, 0.2) is 9.73 Å². The number of hydrogen-bond acceptors (Lipinski definition) is 3. The first-order valence-corrected chi connectivity index (χ1v) is 8.52. The van der Waals surface area contributed by atoms with E-state index in [0.29, 0.717) is 29.4 Å². The van der Waals surface area contributed by atoms with Crippen molar-refractivity contribution in [2.75, 3.05) is 13.1 Å². The molecule has 3 nitrogen and oxygen atoms in total. The summed E-state index contributed by atoms with van der Waals surface area (Å²) in [5.74, 6) is -0.569. The SMILES string of the molecule is N=S(=O)(c1cc(F)cc(CC2CC3(CNC3)C2)c1)C(F)(F)F. The fourth-order valence-corrected chi connectivity index (χ4v) is 4.31. The van der Waals surface area contributed by atoms with E-state index >= 15 is 0 Å². The first kappa shape index (κ1) is 15.7. The highest BCUT2D eigenvalue weighted by Crippen LogP contribution is 2.49. The van der Waals surface area contributed by atoms with Gasteiger partial charge in [-0.05, 0) is 54.4 Å². The maximum atomic E-state index is 13.6. The highest BCUT2D eigenvalue weighted by molar-refractivity contribution is 7.93. The van der Waals surface area contributed by atoms with Crippen LogP contribution < -0.4 is 5.32 Å². The normalized spacial score (nSPS) is 23.6. The van der Waals surface area contributed by atoms with Crippen LogP contribution in [-0.4, -0.2) is 22.8 Å². The Labute approximate surface area is 126 Å². The topological polar surface area (TPSA) is 53.0 Å². The lowest BCUT2D eigenvalue weighted by atomic mass is 9.57. The Hall–Kier alpha value is -1.15. The summed E-state index contributed by atoms with van der Waals surface area (Å²) in [4.78, 5) is -0.797. The maximum Gasteiger partial charge on any atom is 0.483 e. The van der Waals surface area contributed by atoms with Crippen molar-refractivity contribution in [2.24, 2.45) is 11.3 Å². The molecule has 1 heterocycles. The van der Waals surface area contributed by atoms with E-state index in [2.05, 4.69) is 5.32 Å². The van der Waals surface area contributed by atoms with E-state index in [1.165, 1.54) is 6.07 Å². The van der Waals surface area contributed by atoms with Gasteiger partial charge < -0.3 is 5.32 Å². The Morgan fingerprint density at radius 1 is 1.27 bits per heavy atom. The fourth-order valence-electron chi connectivity index (χ4n) is 3.45. The van der Waals surface area contributed by atoms with Gasteiger partial charge in [0.2, 0.25) is 0 Å². The van der Waals surface area contributed by atoms with Crippen molar-refractivity contribution in [2.45, 2.75) is 29.7 Å². The van der Waals surface area contributed by atoms with Crippen molar-refractivity contribution in [3.8, 4) is 0 Å². The summed E-state index contributed by atoms with van der Waals surface area (Å²) in [5.41, 5.74) is -4.49. The summed E-state index contributed by atoms with van der Waals surface area (Å²) in [6.07, 6.45) is 2.41. The second-order valence-corrected chi connectivity index (χ2v) is 8.43. The molecular formula is C14H16F4N2OS. The third kappa shape index (κ3) is 2.62. The molecule has 2 aliphatic rings. The van der Waals surface area contributed by atoms with Gasteiger partial charge in [-0.3, -0.25) is 0 Å². The minimum absolute atomic E-state index is 0.310. The summed E-state index contributed by atoms with van der Waals surface area (Å²) in [6.45, 7) is 1.93. The molecule has 1 unspecified atom stereocenters. The van der Waals surface area contributed by atoms with Gasteiger partial charge in [-0.25, -0.2) is 13.4 Å². The van der Waals surface area contributed by atoms with Crippen LogP contribution in [0.15, 0.2) is 23.1 Å². The third-order valence-corrected chi connectivity index (χ3v) is 6.11. The van der Waals surface area contributed by atoms with Gasteiger partial charge in [-0.2, -0.15) is 13.2 Å². The molecule has 1 saturated heterocycles. The molecule has 122 valence electrons. The zero-order chi connectivity index (χ0) is 16.2. The van der Waals surface area contributed by atoms with Gasteiger partial charge in [0.05, 0.1) is 4.90 Å². The molecule has 1 aliphatic heterocycles. The van der Waals surface area contributed by atoms with E-state index in [4.69, 9.17) is 4.78 Å². The van der Waals surface area contributed by atoms with Crippen LogP contribution in [0.5, 0.6) is 0 Å². The first-order valence-electron chi connectivity index (χ1n) is 6.97. The molecule has 0 bridgehead atoms. The van der Waals surface area contributed by atoms with Crippen molar-refractivity contribution >= 4 is 9.73 Å². The quantitative estimate of drug-likeness (QED) is 0.832. The monoisotopic (exact) mass is 336 g/mol. The number of nitrogens with one attached hydrogen (secondary N) is 2. The first-order chi connectivity index (χ1) is 10.1. The van der Waals surface area contributed by atoms with E-state index in [1.54, 1.807) is 0 Å². The summed E-state index contributed by atoms with van der Waals surface area (Å²) < 4.78 is 70.3.